The van der Waals surface area contributed by atoms with Crippen LogP contribution in [0.15, 0.2) is 0 Å². The Balaban J connectivity index is 1.79. The van der Waals surface area contributed by atoms with Crippen molar-refractivity contribution in [2.45, 2.75) is 99.0 Å². The van der Waals surface area contributed by atoms with Gasteiger partial charge in [0.1, 0.15) is 6.10 Å². The molecule has 4 aliphatic carbocycles. The molecule has 0 unspecified atom stereocenters. The lowest BCUT2D eigenvalue weighted by atomic mass is 9.37. The van der Waals surface area contributed by atoms with Crippen molar-refractivity contribution in [2.75, 3.05) is 0 Å². The number of carbonyl (C=O) groups excluding carboxylic acids is 1. The van der Waals surface area contributed by atoms with Gasteiger partial charge >= 0.3 is 5.97 Å². The van der Waals surface area contributed by atoms with Crippen LogP contribution < -0.4 is 0 Å². The van der Waals surface area contributed by atoms with E-state index in [4.69, 9.17) is 4.74 Å². The predicted octanol–water partition coefficient (Wildman–Crippen LogP) is 5.74. The average Bonchev–Trinajstić information content (AvgIpc) is 2.83. The fourth-order valence-electron chi connectivity index (χ4n) is 8.84. The molecular formula is C22H36O2. The highest BCUT2D eigenvalue weighted by molar-refractivity contribution is 5.66. The molecule has 6 atom stereocenters. The lowest BCUT2D eigenvalue weighted by molar-refractivity contribution is -0.199. The molecule has 4 rings (SSSR count). The molecule has 4 fully saturated rings. The molecule has 0 aliphatic heterocycles. The van der Waals surface area contributed by atoms with Gasteiger partial charge in [0.25, 0.3) is 0 Å². The van der Waals surface area contributed by atoms with Crippen molar-refractivity contribution in [2.24, 2.45) is 33.0 Å². The van der Waals surface area contributed by atoms with E-state index in [1.165, 1.54) is 44.9 Å². The smallest absolute Gasteiger partial charge is 0.302 e. The second-order valence-corrected chi connectivity index (χ2v) is 11.3. The van der Waals surface area contributed by atoms with Gasteiger partial charge in [-0.25, -0.2) is 0 Å². The highest BCUT2D eigenvalue weighted by Crippen LogP contribution is 2.82. The third-order valence-electron chi connectivity index (χ3n) is 9.58. The number of fused-ring (bicyclic) bond motifs is 2. The summed E-state index contributed by atoms with van der Waals surface area (Å²) in [6, 6.07) is 0. The molecular weight excluding hydrogens is 296 g/mol. The highest BCUT2D eigenvalue weighted by atomic mass is 16.5. The van der Waals surface area contributed by atoms with Crippen LogP contribution in [0.3, 0.4) is 0 Å². The minimum atomic E-state index is -0.0895. The fourth-order valence-corrected chi connectivity index (χ4v) is 8.84. The lowest BCUT2D eigenvalue weighted by Gasteiger charge is -2.67. The zero-order valence-corrected chi connectivity index (χ0v) is 16.6. The fraction of sp³-hybridized carbons (Fsp3) is 0.955. The quantitative estimate of drug-likeness (QED) is 0.572. The maximum Gasteiger partial charge on any atom is 0.302 e. The van der Waals surface area contributed by atoms with Gasteiger partial charge < -0.3 is 4.74 Å². The number of rotatable bonds is 1. The lowest BCUT2D eigenvalue weighted by Crippen LogP contribution is -2.61. The minimum Gasteiger partial charge on any atom is -0.462 e. The summed E-state index contributed by atoms with van der Waals surface area (Å²) in [5.74, 6) is 0.735. The van der Waals surface area contributed by atoms with E-state index in [1.807, 2.05) is 0 Å². The van der Waals surface area contributed by atoms with E-state index < -0.39 is 0 Å². The maximum atomic E-state index is 11.7. The Hall–Kier alpha value is -0.530. The van der Waals surface area contributed by atoms with Crippen LogP contribution in [0.1, 0.15) is 92.9 Å². The van der Waals surface area contributed by atoms with E-state index in [1.54, 1.807) is 6.92 Å². The van der Waals surface area contributed by atoms with Crippen LogP contribution in [0.25, 0.3) is 0 Å². The van der Waals surface area contributed by atoms with Crippen LogP contribution >= 0.6 is 0 Å². The zero-order chi connectivity index (χ0) is 17.6. The Labute approximate surface area is 148 Å². The van der Waals surface area contributed by atoms with Crippen LogP contribution in [0, 0.1) is 33.0 Å². The van der Waals surface area contributed by atoms with Gasteiger partial charge in [-0.3, -0.25) is 4.79 Å². The van der Waals surface area contributed by atoms with Crippen molar-refractivity contribution in [3.63, 3.8) is 0 Å². The number of esters is 1. The van der Waals surface area contributed by atoms with E-state index in [9.17, 15) is 4.79 Å². The Morgan fingerprint density at radius 3 is 2.38 bits per heavy atom. The van der Waals surface area contributed by atoms with Crippen LogP contribution in [0.4, 0.5) is 0 Å². The van der Waals surface area contributed by atoms with Crippen LogP contribution in [-0.4, -0.2) is 12.1 Å². The number of ether oxygens (including phenoxy) is 1. The molecule has 0 heterocycles. The molecule has 2 nitrogen and oxygen atoms in total. The summed E-state index contributed by atoms with van der Waals surface area (Å²) in [6.45, 7) is 14.2. The third-order valence-corrected chi connectivity index (χ3v) is 9.58. The molecule has 24 heavy (non-hydrogen) atoms. The summed E-state index contributed by atoms with van der Waals surface area (Å²) in [4.78, 5) is 11.7. The van der Waals surface area contributed by atoms with Gasteiger partial charge in [0.05, 0.1) is 0 Å². The molecule has 0 aromatic rings. The molecule has 0 saturated heterocycles. The van der Waals surface area contributed by atoms with E-state index in [0.717, 1.165) is 12.3 Å². The minimum absolute atomic E-state index is 0.0895. The summed E-state index contributed by atoms with van der Waals surface area (Å²) < 4.78 is 5.87. The second-order valence-electron chi connectivity index (χ2n) is 11.3. The summed E-state index contributed by atoms with van der Waals surface area (Å²) >= 11 is 0. The Morgan fingerprint density at radius 1 is 1.00 bits per heavy atom. The summed E-state index contributed by atoms with van der Waals surface area (Å²) in [5, 5.41) is 0. The number of hydrogen-bond acceptors (Lipinski definition) is 2. The van der Waals surface area contributed by atoms with Gasteiger partial charge in [0.15, 0.2) is 0 Å². The molecule has 0 aromatic heterocycles. The molecule has 4 aliphatic rings. The Morgan fingerprint density at radius 2 is 1.71 bits per heavy atom. The summed E-state index contributed by atoms with van der Waals surface area (Å²) in [6.07, 6.45) is 10.7. The topological polar surface area (TPSA) is 26.3 Å². The normalized spacial score (nSPS) is 54.9. The first-order valence-electron chi connectivity index (χ1n) is 10.2. The van der Waals surface area contributed by atoms with Gasteiger partial charge in [-0.05, 0) is 72.5 Å². The first-order chi connectivity index (χ1) is 11.0. The van der Waals surface area contributed by atoms with Crippen LogP contribution in [0.5, 0.6) is 0 Å². The van der Waals surface area contributed by atoms with Crippen LogP contribution in [-0.2, 0) is 9.53 Å². The molecule has 4 saturated carbocycles. The van der Waals surface area contributed by atoms with Crippen molar-refractivity contribution in [3.05, 3.63) is 0 Å². The van der Waals surface area contributed by atoms with Gasteiger partial charge in [-0.2, -0.15) is 0 Å². The van der Waals surface area contributed by atoms with Crippen molar-refractivity contribution >= 4 is 5.97 Å². The standard InChI is InChI=1S/C22H36O2/c1-15(23)24-17-12-22-14-19(17,4)13-20(22,5)11-8-16-18(2,3)9-7-10-21(16,22)6/h16-17H,7-14H2,1-6H3/t16-,17-,19-,20-,21-,22+/m0/s1. The van der Waals surface area contributed by atoms with Crippen molar-refractivity contribution in [1.29, 1.82) is 0 Å². The predicted molar refractivity (Wildman–Crippen MR) is 96.5 cm³/mol. The van der Waals surface area contributed by atoms with E-state index in [-0.39, 0.29) is 17.5 Å². The van der Waals surface area contributed by atoms with Crippen LogP contribution in [0.2, 0.25) is 0 Å². The average molecular weight is 333 g/mol. The molecule has 0 amide bonds. The van der Waals surface area contributed by atoms with Crippen molar-refractivity contribution in [1.82, 2.24) is 0 Å². The molecule has 136 valence electrons. The Bertz CT molecular complexity index is 581. The largest absolute Gasteiger partial charge is 0.462 e. The summed E-state index contributed by atoms with van der Waals surface area (Å²) in [7, 11) is 0. The first kappa shape index (κ1) is 16.9. The highest BCUT2D eigenvalue weighted by Gasteiger charge is 2.76. The van der Waals surface area contributed by atoms with Crippen molar-refractivity contribution in [3.8, 4) is 0 Å². The summed E-state index contributed by atoms with van der Waals surface area (Å²) in [5.41, 5.74) is 1.88. The molecule has 1 spiro atoms. The molecule has 2 heteroatoms. The molecule has 2 bridgehead atoms. The Kier molecular flexibility index (Phi) is 3.24. The van der Waals surface area contributed by atoms with E-state index in [2.05, 4.69) is 34.6 Å². The maximum absolute atomic E-state index is 11.7. The zero-order valence-electron chi connectivity index (χ0n) is 16.6. The third kappa shape index (κ3) is 1.81. The molecule has 0 aromatic carbocycles. The number of carbonyl (C=O) groups is 1. The van der Waals surface area contributed by atoms with Gasteiger partial charge in [0.2, 0.25) is 0 Å². The van der Waals surface area contributed by atoms with Crippen molar-refractivity contribution < 1.29 is 9.53 Å². The second kappa shape index (κ2) is 4.60. The molecule has 0 radical (unpaired) electrons. The van der Waals surface area contributed by atoms with E-state index >= 15 is 0 Å². The van der Waals surface area contributed by atoms with Gasteiger partial charge in [-0.15, -0.1) is 0 Å². The number of hydrogen-bond donors (Lipinski definition) is 0. The van der Waals surface area contributed by atoms with Gasteiger partial charge in [0, 0.05) is 12.3 Å². The van der Waals surface area contributed by atoms with Gasteiger partial charge in [-0.1, -0.05) is 41.0 Å². The first-order valence-corrected chi connectivity index (χ1v) is 10.2. The monoisotopic (exact) mass is 332 g/mol. The SMILES string of the molecule is CC(=O)O[C@H]1C[C@@]23C[C@]1(C)C[C@]2(C)CC[C@H]1C(C)(C)CCC[C@@]13C. The van der Waals surface area contributed by atoms with E-state index in [0.29, 0.717) is 21.7 Å². The molecule has 0 N–H and O–H groups in total.